The van der Waals surface area contributed by atoms with Crippen molar-refractivity contribution in [3.05, 3.63) is 29.3 Å². The van der Waals surface area contributed by atoms with E-state index in [0.717, 1.165) is 7.11 Å². The van der Waals surface area contributed by atoms with Crippen LogP contribution in [0.2, 0.25) is 0 Å². The summed E-state index contributed by atoms with van der Waals surface area (Å²) in [5.41, 5.74) is -2.24. The number of halogens is 6. The van der Waals surface area contributed by atoms with Crippen molar-refractivity contribution in [3.63, 3.8) is 0 Å². The molecule has 0 fully saturated rings. The maximum absolute atomic E-state index is 12.4. The minimum absolute atomic E-state index is 0.237. The first-order valence-electron chi connectivity index (χ1n) is 4.56. The highest BCUT2D eigenvalue weighted by Crippen LogP contribution is 2.38. The summed E-state index contributed by atoms with van der Waals surface area (Å²) in [6, 6.07) is 1.49. The summed E-state index contributed by atoms with van der Waals surface area (Å²) in [7, 11) is 1.01. The average Bonchev–Trinajstić information content (AvgIpc) is 2.25. The normalized spacial score (nSPS) is 14.4. The fourth-order valence-corrected chi connectivity index (χ4v) is 1.25. The summed E-state index contributed by atoms with van der Waals surface area (Å²) in [6.07, 6.45) is -12.9. The third-order valence-corrected chi connectivity index (χ3v) is 2.12. The van der Waals surface area contributed by atoms with Crippen molar-refractivity contribution in [1.29, 1.82) is 0 Å². The monoisotopic (exact) mass is 274 g/mol. The van der Waals surface area contributed by atoms with E-state index in [1.807, 2.05) is 0 Å². The van der Waals surface area contributed by atoms with Crippen molar-refractivity contribution in [2.45, 2.75) is 18.5 Å². The summed E-state index contributed by atoms with van der Waals surface area (Å²) in [5.74, 6) is -0.414. The lowest BCUT2D eigenvalue weighted by Crippen LogP contribution is -2.21. The van der Waals surface area contributed by atoms with E-state index in [1.54, 1.807) is 0 Å². The third kappa shape index (κ3) is 3.28. The molecule has 1 rings (SSSR count). The van der Waals surface area contributed by atoms with Crippen LogP contribution in [0.5, 0.6) is 5.75 Å². The lowest BCUT2D eigenvalue weighted by atomic mass is 10.0. The molecule has 2 nitrogen and oxygen atoms in total. The van der Waals surface area contributed by atoms with Crippen molar-refractivity contribution in [2.75, 3.05) is 7.11 Å². The third-order valence-electron chi connectivity index (χ3n) is 2.12. The molecule has 18 heavy (non-hydrogen) atoms. The molecule has 0 amide bonds. The smallest absolute Gasteiger partial charge is 0.418 e. The van der Waals surface area contributed by atoms with Gasteiger partial charge in [0.25, 0.3) is 0 Å². The topological polar surface area (TPSA) is 29.5 Å². The minimum Gasteiger partial charge on any atom is -0.497 e. The number of alkyl halides is 6. The van der Waals surface area contributed by atoms with Crippen molar-refractivity contribution >= 4 is 0 Å². The molecule has 0 saturated carbocycles. The second-order valence-electron chi connectivity index (χ2n) is 3.44. The molecule has 1 aromatic carbocycles. The van der Waals surface area contributed by atoms with Crippen LogP contribution in [0.3, 0.4) is 0 Å². The predicted octanol–water partition coefficient (Wildman–Crippen LogP) is 3.31. The molecular formula is C10H8F6O2. The van der Waals surface area contributed by atoms with E-state index in [0.29, 0.717) is 12.1 Å². The first-order valence-corrected chi connectivity index (χ1v) is 4.56. The predicted molar refractivity (Wildman–Crippen MR) is 49.0 cm³/mol. The molecule has 0 radical (unpaired) electrons. The second kappa shape index (κ2) is 4.68. The molecule has 1 N–H and O–H groups in total. The number of hydrogen-bond acceptors (Lipinski definition) is 2. The number of hydrogen-bond donors (Lipinski definition) is 1. The quantitative estimate of drug-likeness (QED) is 0.838. The SMILES string of the molecule is COc1cc(C(O)C(F)(F)F)cc(C(F)(F)F)c1. The van der Waals surface area contributed by atoms with Gasteiger partial charge in [-0.1, -0.05) is 0 Å². The van der Waals surface area contributed by atoms with Crippen molar-refractivity contribution in [1.82, 2.24) is 0 Å². The van der Waals surface area contributed by atoms with Crippen LogP contribution in [0.25, 0.3) is 0 Å². The van der Waals surface area contributed by atoms with Gasteiger partial charge in [0.2, 0.25) is 0 Å². The molecule has 0 spiro atoms. The van der Waals surface area contributed by atoms with Gasteiger partial charge in [-0.15, -0.1) is 0 Å². The van der Waals surface area contributed by atoms with Crippen LogP contribution >= 0.6 is 0 Å². The van der Waals surface area contributed by atoms with Crippen LogP contribution in [0.4, 0.5) is 26.3 Å². The largest absolute Gasteiger partial charge is 0.497 e. The van der Waals surface area contributed by atoms with Crippen LogP contribution in [0.15, 0.2) is 18.2 Å². The Morgan fingerprint density at radius 2 is 1.61 bits per heavy atom. The van der Waals surface area contributed by atoms with Gasteiger partial charge in [-0.2, -0.15) is 26.3 Å². The summed E-state index contributed by atoms with van der Waals surface area (Å²) >= 11 is 0. The zero-order chi connectivity index (χ0) is 14.1. The Balaban J connectivity index is 3.29. The molecule has 0 aromatic heterocycles. The van der Waals surface area contributed by atoms with E-state index >= 15 is 0 Å². The lowest BCUT2D eigenvalue weighted by Gasteiger charge is -2.17. The summed E-state index contributed by atoms with van der Waals surface area (Å²) < 4.78 is 78.4. The van der Waals surface area contributed by atoms with Crippen molar-refractivity contribution in [3.8, 4) is 5.75 Å². The number of methoxy groups -OCH3 is 1. The lowest BCUT2D eigenvalue weighted by molar-refractivity contribution is -0.207. The molecule has 0 bridgehead atoms. The van der Waals surface area contributed by atoms with E-state index < -0.39 is 35.3 Å². The number of aliphatic hydroxyl groups excluding tert-OH is 1. The van der Waals surface area contributed by atoms with Gasteiger partial charge in [0.05, 0.1) is 12.7 Å². The highest BCUT2D eigenvalue weighted by Gasteiger charge is 2.41. The summed E-state index contributed by atoms with van der Waals surface area (Å²) in [5, 5.41) is 8.92. The fourth-order valence-electron chi connectivity index (χ4n) is 1.25. The van der Waals surface area contributed by atoms with Gasteiger partial charge >= 0.3 is 12.4 Å². The maximum atomic E-state index is 12.4. The first kappa shape index (κ1) is 14.6. The van der Waals surface area contributed by atoms with Gasteiger partial charge in [0.15, 0.2) is 6.10 Å². The molecule has 102 valence electrons. The van der Waals surface area contributed by atoms with Crippen LogP contribution < -0.4 is 4.74 Å². The maximum Gasteiger partial charge on any atom is 0.418 e. The van der Waals surface area contributed by atoms with E-state index in [1.165, 1.54) is 0 Å². The number of rotatable bonds is 2. The van der Waals surface area contributed by atoms with Gasteiger partial charge < -0.3 is 9.84 Å². The summed E-state index contributed by atoms with van der Waals surface area (Å²) in [6.45, 7) is 0. The zero-order valence-corrected chi connectivity index (χ0v) is 8.93. The van der Waals surface area contributed by atoms with Crippen LogP contribution in [0, 0.1) is 0 Å². The molecule has 0 aliphatic rings. The number of benzene rings is 1. The molecule has 1 aromatic rings. The molecule has 1 atom stereocenters. The van der Waals surface area contributed by atoms with Crippen molar-refractivity contribution in [2.24, 2.45) is 0 Å². The molecule has 0 aliphatic heterocycles. The number of aliphatic hydroxyl groups is 1. The summed E-state index contributed by atoms with van der Waals surface area (Å²) in [4.78, 5) is 0. The highest BCUT2D eigenvalue weighted by molar-refractivity contribution is 5.37. The van der Waals surface area contributed by atoms with Gasteiger partial charge in [0, 0.05) is 0 Å². The van der Waals surface area contributed by atoms with E-state index in [9.17, 15) is 26.3 Å². The molecular weight excluding hydrogens is 266 g/mol. The van der Waals surface area contributed by atoms with Gasteiger partial charge in [-0.05, 0) is 23.8 Å². The Morgan fingerprint density at radius 1 is 1.06 bits per heavy atom. The molecule has 0 saturated heterocycles. The highest BCUT2D eigenvalue weighted by atomic mass is 19.4. The van der Waals surface area contributed by atoms with Crippen LogP contribution in [-0.4, -0.2) is 18.4 Å². The molecule has 0 aliphatic carbocycles. The van der Waals surface area contributed by atoms with Crippen LogP contribution in [-0.2, 0) is 6.18 Å². The van der Waals surface area contributed by atoms with Gasteiger partial charge in [-0.3, -0.25) is 0 Å². The van der Waals surface area contributed by atoms with Crippen molar-refractivity contribution < 1.29 is 36.2 Å². The fraction of sp³-hybridized carbons (Fsp3) is 0.400. The second-order valence-corrected chi connectivity index (χ2v) is 3.44. The average molecular weight is 274 g/mol. The molecule has 0 heterocycles. The Bertz CT molecular complexity index is 423. The van der Waals surface area contributed by atoms with Gasteiger partial charge in [-0.25, -0.2) is 0 Å². The molecule has 1 unspecified atom stereocenters. The number of ether oxygens (including phenoxy) is 1. The Hall–Kier alpha value is -1.44. The Kier molecular flexibility index (Phi) is 3.80. The molecule has 8 heteroatoms. The van der Waals surface area contributed by atoms with E-state index in [-0.39, 0.29) is 6.07 Å². The minimum atomic E-state index is -5.05. The Labute approximate surface area is 97.8 Å². The zero-order valence-electron chi connectivity index (χ0n) is 8.93. The Morgan fingerprint density at radius 3 is 2.00 bits per heavy atom. The van der Waals surface area contributed by atoms with E-state index in [2.05, 4.69) is 4.74 Å². The van der Waals surface area contributed by atoms with Gasteiger partial charge in [0.1, 0.15) is 5.75 Å². The van der Waals surface area contributed by atoms with E-state index in [4.69, 9.17) is 5.11 Å². The first-order chi connectivity index (χ1) is 8.05. The van der Waals surface area contributed by atoms with Crippen LogP contribution in [0.1, 0.15) is 17.2 Å². The standard InChI is InChI=1S/C10H8F6O2/c1-18-7-3-5(8(17)10(14,15)16)2-6(4-7)9(11,12)13/h2-4,8,17H,1H3.